The molecule has 0 amide bonds. The summed E-state index contributed by atoms with van der Waals surface area (Å²) in [6, 6.07) is 6.89. The van der Waals surface area contributed by atoms with E-state index in [1.807, 2.05) is 4.72 Å². The monoisotopic (exact) mass is 400 g/mol. The van der Waals surface area contributed by atoms with Gasteiger partial charge in [-0.05, 0) is 30.3 Å². The van der Waals surface area contributed by atoms with Crippen LogP contribution in [0.3, 0.4) is 0 Å². The Bertz CT molecular complexity index is 853. The van der Waals surface area contributed by atoms with E-state index in [0.29, 0.717) is 0 Å². The third-order valence-corrected chi connectivity index (χ3v) is 4.68. The van der Waals surface area contributed by atoms with Gasteiger partial charge in [-0.1, -0.05) is 29.3 Å². The molecule has 0 heterocycles. The molecule has 0 fully saturated rings. The summed E-state index contributed by atoms with van der Waals surface area (Å²) in [5.74, 6) is -0.938. The van der Waals surface area contributed by atoms with Gasteiger partial charge in [-0.3, -0.25) is 4.72 Å². The molecular formula is C13H9Cl2F3N2O3S. The third kappa shape index (κ3) is 4.37. The summed E-state index contributed by atoms with van der Waals surface area (Å²) in [5, 5.41) is -0.0680. The van der Waals surface area contributed by atoms with E-state index in [2.05, 4.69) is 4.74 Å². The number of ether oxygens (including phenoxy) is 1. The fourth-order valence-corrected chi connectivity index (χ4v) is 3.60. The van der Waals surface area contributed by atoms with Crippen LogP contribution in [0.15, 0.2) is 41.3 Å². The number of anilines is 2. The van der Waals surface area contributed by atoms with Crippen molar-refractivity contribution in [1.29, 1.82) is 0 Å². The lowest BCUT2D eigenvalue weighted by Gasteiger charge is -2.16. The topological polar surface area (TPSA) is 81.4 Å². The summed E-state index contributed by atoms with van der Waals surface area (Å²) in [5.41, 5.74) is 5.21. The number of alkyl halides is 3. The third-order valence-electron chi connectivity index (χ3n) is 2.68. The maximum absolute atomic E-state index is 12.5. The second-order valence-corrected chi connectivity index (χ2v) is 6.92. The minimum atomic E-state index is -5.08. The van der Waals surface area contributed by atoms with Crippen LogP contribution in [0.4, 0.5) is 24.5 Å². The molecule has 2 rings (SSSR count). The van der Waals surface area contributed by atoms with Crippen LogP contribution in [0, 0.1) is 0 Å². The van der Waals surface area contributed by atoms with Gasteiger partial charge in [0.25, 0.3) is 10.0 Å². The van der Waals surface area contributed by atoms with Crippen molar-refractivity contribution in [1.82, 2.24) is 0 Å². The maximum atomic E-state index is 12.5. The number of nitrogens with two attached hydrogens (primary N) is 1. The molecule has 0 saturated heterocycles. The first-order valence-electron chi connectivity index (χ1n) is 6.12. The lowest BCUT2D eigenvalue weighted by atomic mass is 10.3. The number of nitrogen functional groups attached to an aromatic ring is 1. The molecule has 2 aromatic rings. The van der Waals surface area contributed by atoms with Crippen molar-refractivity contribution in [3.8, 4) is 5.75 Å². The van der Waals surface area contributed by atoms with Crippen LogP contribution in [-0.4, -0.2) is 14.8 Å². The minimum absolute atomic E-state index is 0.0340. The van der Waals surface area contributed by atoms with Gasteiger partial charge in [0.1, 0.15) is 10.6 Å². The van der Waals surface area contributed by atoms with E-state index in [0.717, 1.165) is 18.2 Å². The Hall–Kier alpha value is -1.84. The Labute approximate surface area is 145 Å². The van der Waals surface area contributed by atoms with Gasteiger partial charge in [0.05, 0.1) is 15.7 Å². The van der Waals surface area contributed by atoms with Crippen molar-refractivity contribution >= 4 is 44.6 Å². The largest absolute Gasteiger partial charge is 0.573 e. The number of para-hydroxylation sites is 1. The zero-order valence-corrected chi connectivity index (χ0v) is 13.9. The van der Waals surface area contributed by atoms with Crippen molar-refractivity contribution in [3.63, 3.8) is 0 Å². The van der Waals surface area contributed by atoms with Crippen molar-refractivity contribution < 1.29 is 26.3 Å². The molecule has 0 radical (unpaired) electrons. The number of halogens is 5. The first-order valence-corrected chi connectivity index (χ1v) is 8.35. The Balaban J connectivity index is 2.51. The van der Waals surface area contributed by atoms with Crippen LogP contribution in [0.1, 0.15) is 0 Å². The molecule has 0 aliphatic heterocycles. The maximum Gasteiger partial charge on any atom is 0.573 e. The van der Waals surface area contributed by atoms with Gasteiger partial charge in [-0.15, -0.1) is 13.2 Å². The zero-order valence-electron chi connectivity index (χ0n) is 11.6. The molecule has 0 unspecified atom stereocenters. The van der Waals surface area contributed by atoms with Crippen molar-refractivity contribution in [3.05, 3.63) is 46.4 Å². The highest BCUT2D eigenvalue weighted by molar-refractivity contribution is 7.92. The van der Waals surface area contributed by atoms with Gasteiger partial charge >= 0.3 is 6.36 Å². The number of rotatable bonds is 4. The summed E-state index contributed by atoms with van der Waals surface area (Å²) in [6.07, 6.45) is -5.08. The average Bonchev–Trinajstić information content (AvgIpc) is 2.43. The normalized spacial score (nSPS) is 12.0. The van der Waals surface area contributed by atoms with Crippen LogP contribution in [0.25, 0.3) is 0 Å². The SMILES string of the molecule is Nc1ccc(OC(F)(F)F)c(S(=O)(=O)Nc2c(Cl)cccc2Cl)c1. The molecule has 3 N–H and O–H groups in total. The van der Waals surface area contributed by atoms with Crippen LogP contribution in [0.5, 0.6) is 5.75 Å². The Kier molecular flexibility index (Phi) is 5.07. The van der Waals surface area contributed by atoms with Gasteiger partial charge < -0.3 is 10.5 Å². The minimum Gasteiger partial charge on any atom is -0.404 e. The molecule has 5 nitrogen and oxygen atoms in total. The summed E-state index contributed by atoms with van der Waals surface area (Å²) >= 11 is 11.7. The van der Waals surface area contributed by atoms with Crippen molar-refractivity contribution in [2.24, 2.45) is 0 Å². The highest BCUT2D eigenvalue weighted by Gasteiger charge is 2.34. The molecule has 0 aliphatic carbocycles. The summed E-state index contributed by atoms with van der Waals surface area (Å²) in [4.78, 5) is -0.809. The second-order valence-electron chi connectivity index (χ2n) is 4.46. The first-order chi connectivity index (χ1) is 11.0. The van der Waals surface area contributed by atoms with Gasteiger partial charge in [-0.25, -0.2) is 8.42 Å². The molecule has 0 aromatic heterocycles. The van der Waals surface area contributed by atoms with Crippen LogP contribution in [-0.2, 0) is 10.0 Å². The second kappa shape index (κ2) is 6.58. The zero-order chi connectivity index (χ0) is 18.1. The van der Waals surface area contributed by atoms with Crippen LogP contribution >= 0.6 is 23.2 Å². The Morgan fingerprint density at radius 2 is 1.67 bits per heavy atom. The fraction of sp³-hybridized carbons (Fsp3) is 0.0769. The van der Waals surface area contributed by atoms with E-state index in [1.54, 1.807) is 0 Å². The van der Waals surface area contributed by atoms with E-state index in [-0.39, 0.29) is 21.4 Å². The predicted octanol–water partition coefficient (Wildman–Crippen LogP) is 4.28. The average molecular weight is 401 g/mol. The summed E-state index contributed by atoms with van der Waals surface area (Å²) < 4.78 is 68.0. The van der Waals surface area contributed by atoms with Gasteiger partial charge in [0, 0.05) is 5.69 Å². The number of sulfonamides is 1. The quantitative estimate of drug-likeness (QED) is 0.750. The fourth-order valence-electron chi connectivity index (χ4n) is 1.73. The molecule has 0 aliphatic rings. The molecule has 0 bridgehead atoms. The van der Waals surface area contributed by atoms with E-state index < -0.39 is 27.0 Å². The molecule has 24 heavy (non-hydrogen) atoms. The molecule has 0 spiro atoms. The lowest BCUT2D eigenvalue weighted by Crippen LogP contribution is -2.21. The highest BCUT2D eigenvalue weighted by Crippen LogP contribution is 2.35. The Morgan fingerprint density at radius 1 is 1.08 bits per heavy atom. The van der Waals surface area contributed by atoms with E-state index in [4.69, 9.17) is 28.9 Å². The van der Waals surface area contributed by atoms with E-state index in [1.165, 1.54) is 18.2 Å². The predicted molar refractivity (Wildman–Crippen MR) is 84.8 cm³/mol. The Morgan fingerprint density at radius 3 is 2.21 bits per heavy atom. The van der Waals surface area contributed by atoms with Crippen molar-refractivity contribution in [2.45, 2.75) is 11.3 Å². The standard InChI is InChI=1S/C13H9Cl2F3N2O3S/c14-8-2-1-3-9(15)12(8)20-24(21,22)11-6-7(19)4-5-10(11)23-13(16,17)18/h1-6,20H,19H2. The number of hydrogen-bond acceptors (Lipinski definition) is 4. The smallest absolute Gasteiger partial charge is 0.404 e. The number of nitrogens with one attached hydrogen (secondary N) is 1. The van der Waals surface area contributed by atoms with Gasteiger partial charge in [0.15, 0.2) is 0 Å². The molecule has 0 atom stereocenters. The number of hydrogen-bond donors (Lipinski definition) is 2. The summed E-state index contributed by atoms with van der Waals surface area (Å²) in [6.45, 7) is 0. The summed E-state index contributed by atoms with van der Waals surface area (Å²) in [7, 11) is -4.51. The number of benzene rings is 2. The van der Waals surface area contributed by atoms with E-state index >= 15 is 0 Å². The highest BCUT2D eigenvalue weighted by atomic mass is 35.5. The molecule has 11 heteroatoms. The van der Waals surface area contributed by atoms with Crippen molar-refractivity contribution in [2.75, 3.05) is 10.5 Å². The van der Waals surface area contributed by atoms with E-state index in [9.17, 15) is 21.6 Å². The molecular weight excluding hydrogens is 392 g/mol. The van der Waals surface area contributed by atoms with Crippen LogP contribution < -0.4 is 15.2 Å². The molecule has 2 aromatic carbocycles. The van der Waals surface area contributed by atoms with Gasteiger partial charge in [-0.2, -0.15) is 0 Å². The molecule has 130 valence electrons. The van der Waals surface area contributed by atoms with Crippen LogP contribution in [0.2, 0.25) is 10.0 Å². The van der Waals surface area contributed by atoms with Gasteiger partial charge in [0.2, 0.25) is 0 Å². The first kappa shape index (κ1) is 18.5. The molecule has 0 saturated carbocycles. The lowest BCUT2D eigenvalue weighted by molar-refractivity contribution is -0.275.